The number of nitrogens with zero attached hydrogens (tertiary/aromatic N) is 1. The van der Waals surface area contributed by atoms with Crippen molar-refractivity contribution in [2.75, 3.05) is 5.32 Å². The van der Waals surface area contributed by atoms with Gasteiger partial charge in [0.25, 0.3) is 0 Å². The molecule has 0 amide bonds. The summed E-state index contributed by atoms with van der Waals surface area (Å²) in [6.45, 7) is 0. The monoisotopic (exact) mass is 256 g/mol. The second kappa shape index (κ2) is 4.68. The lowest BCUT2D eigenvalue weighted by Gasteiger charge is -2.07. The van der Waals surface area contributed by atoms with Crippen LogP contribution in [0.15, 0.2) is 36.4 Å². The molecule has 0 spiro atoms. The number of pyridine rings is 1. The Bertz CT molecular complexity index is 517. The molecule has 5 heteroatoms. The predicted molar refractivity (Wildman–Crippen MR) is 63.9 cm³/mol. The number of halogens is 3. The zero-order chi connectivity index (χ0) is 11.5. The molecule has 1 N–H and O–H groups in total. The fraction of sp³-hybridized carbons (Fsp3) is 0. The van der Waals surface area contributed by atoms with E-state index < -0.39 is 5.82 Å². The van der Waals surface area contributed by atoms with Crippen molar-refractivity contribution in [1.29, 1.82) is 0 Å². The number of hydrogen-bond acceptors (Lipinski definition) is 2. The van der Waals surface area contributed by atoms with E-state index in [1.54, 1.807) is 18.2 Å². The fourth-order valence-electron chi connectivity index (χ4n) is 1.21. The fourth-order valence-corrected chi connectivity index (χ4v) is 1.55. The maximum absolute atomic E-state index is 13.4. The van der Waals surface area contributed by atoms with E-state index >= 15 is 0 Å². The molecule has 1 heterocycles. The molecule has 0 saturated heterocycles. The first-order chi connectivity index (χ1) is 7.65. The van der Waals surface area contributed by atoms with Gasteiger partial charge in [-0.3, -0.25) is 0 Å². The van der Waals surface area contributed by atoms with Crippen LogP contribution in [0.25, 0.3) is 0 Å². The zero-order valence-corrected chi connectivity index (χ0v) is 9.56. The Morgan fingerprint density at radius 1 is 1.12 bits per heavy atom. The molecule has 0 radical (unpaired) electrons. The Kier molecular flexibility index (Phi) is 3.27. The van der Waals surface area contributed by atoms with Crippen LogP contribution in [-0.2, 0) is 0 Å². The largest absolute Gasteiger partial charge is 0.338 e. The first-order valence-electron chi connectivity index (χ1n) is 4.50. The molecular formula is C11H7Cl2FN2. The van der Waals surface area contributed by atoms with Crippen molar-refractivity contribution in [2.45, 2.75) is 0 Å². The molecule has 0 aliphatic carbocycles. The minimum Gasteiger partial charge on any atom is -0.338 e. The van der Waals surface area contributed by atoms with Crippen molar-refractivity contribution in [3.8, 4) is 0 Å². The van der Waals surface area contributed by atoms with Gasteiger partial charge < -0.3 is 5.32 Å². The molecule has 0 saturated carbocycles. The first kappa shape index (κ1) is 11.2. The maximum atomic E-state index is 13.4. The lowest BCUT2D eigenvalue weighted by atomic mass is 10.3. The minimum absolute atomic E-state index is 0.266. The van der Waals surface area contributed by atoms with E-state index in [0.717, 1.165) is 0 Å². The van der Waals surface area contributed by atoms with E-state index in [1.807, 2.05) is 0 Å². The van der Waals surface area contributed by atoms with E-state index in [-0.39, 0.29) is 5.69 Å². The van der Waals surface area contributed by atoms with Crippen molar-refractivity contribution in [2.24, 2.45) is 0 Å². The van der Waals surface area contributed by atoms with Crippen molar-refractivity contribution < 1.29 is 4.39 Å². The van der Waals surface area contributed by atoms with Crippen molar-refractivity contribution in [3.63, 3.8) is 0 Å². The topological polar surface area (TPSA) is 24.9 Å². The number of anilines is 2. The van der Waals surface area contributed by atoms with E-state index in [4.69, 9.17) is 23.2 Å². The third-order valence-corrected chi connectivity index (χ3v) is 2.35. The summed E-state index contributed by atoms with van der Waals surface area (Å²) in [5.41, 5.74) is 0.266. The Morgan fingerprint density at radius 3 is 2.69 bits per heavy atom. The molecule has 0 atom stereocenters. The van der Waals surface area contributed by atoms with Crippen LogP contribution in [0.1, 0.15) is 0 Å². The van der Waals surface area contributed by atoms with Gasteiger partial charge in [0.1, 0.15) is 16.8 Å². The molecule has 82 valence electrons. The van der Waals surface area contributed by atoms with Gasteiger partial charge in [-0.15, -0.1) is 0 Å². The van der Waals surface area contributed by atoms with Crippen molar-refractivity contribution >= 4 is 34.7 Å². The highest BCUT2D eigenvalue weighted by Crippen LogP contribution is 2.23. The van der Waals surface area contributed by atoms with E-state index in [9.17, 15) is 4.39 Å². The average Bonchev–Trinajstić information content (AvgIpc) is 2.24. The quantitative estimate of drug-likeness (QED) is 0.812. The summed E-state index contributed by atoms with van der Waals surface area (Å²) in [5.74, 6) is 0.0693. The zero-order valence-electron chi connectivity index (χ0n) is 8.05. The van der Waals surface area contributed by atoms with Gasteiger partial charge in [-0.2, -0.15) is 0 Å². The van der Waals surface area contributed by atoms with Gasteiger partial charge in [-0.1, -0.05) is 29.3 Å². The van der Waals surface area contributed by atoms with Gasteiger partial charge in [0, 0.05) is 5.02 Å². The lowest BCUT2D eigenvalue weighted by Crippen LogP contribution is -1.95. The minimum atomic E-state index is -0.397. The standard InChI is InChI=1S/C11H7Cl2FN2/c12-7-4-5-8(14)9(6-7)15-11-3-1-2-10(13)16-11/h1-6H,(H,15,16). The summed E-state index contributed by atoms with van der Waals surface area (Å²) >= 11 is 11.5. The Hall–Kier alpha value is -1.32. The molecular weight excluding hydrogens is 250 g/mol. The second-order valence-electron chi connectivity index (χ2n) is 3.09. The van der Waals surface area contributed by atoms with Crippen LogP contribution in [0, 0.1) is 5.82 Å². The van der Waals surface area contributed by atoms with Crippen LogP contribution in [-0.4, -0.2) is 4.98 Å². The van der Waals surface area contributed by atoms with Gasteiger partial charge in [0.2, 0.25) is 0 Å². The SMILES string of the molecule is Fc1ccc(Cl)cc1Nc1cccc(Cl)n1. The number of aromatic nitrogens is 1. The summed E-state index contributed by atoms with van der Waals surface area (Å²) in [5, 5.41) is 3.59. The van der Waals surface area contributed by atoms with E-state index in [2.05, 4.69) is 10.3 Å². The lowest BCUT2D eigenvalue weighted by molar-refractivity contribution is 0.632. The average molecular weight is 257 g/mol. The van der Waals surface area contributed by atoms with Gasteiger partial charge in [0.05, 0.1) is 5.69 Å². The Labute approximate surface area is 102 Å². The molecule has 16 heavy (non-hydrogen) atoms. The Balaban J connectivity index is 2.30. The van der Waals surface area contributed by atoms with Gasteiger partial charge >= 0.3 is 0 Å². The molecule has 2 nitrogen and oxygen atoms in total. The van der Waals surface area contributed by atoms with Crippen LogP contribution in [0.5, 0.6) is 0 Å². The number of nitrogens with one attached hydrogen (secondary N) is 1. The number of benzene rings is 1. The van der Waals surface area contributed by atoms with Crippen molar-refractivity contribution in [3.05, 3.63) is 52.4 Å². The molecule has 2 rings (SSSR count). The van der Waals surface area contributed by atoms with Crippen LogP contribution < -0.4 is 5.32 Å². The molecule has 0 unspecified atom stereocenters. The summed E-state index contributed by atoms with van der Waals surface area (Å²) in [4.78, 5) is 3.98. The van der Waals surface area contributed by atoms with Crippen LogP contribution >= 0.6 is 23.2 Å². The highest BCUT2D eigenvalue weighted by Gasteiger charge is 2.04. The molecule has 0 aliphatic heterocycles. The molecule has 2 aromatic rings. The van der Waals surface area contributed by atoms with Crippen LogP contribution in [0.3, 0.4) is 0 Å². The number of rotatable bonds is 2. The van der Waals surface area contributed by atoms with Crippen LogP contribution in [0.2, 0.25) is 10.2 Å². The highest BCUT2D eigenvalue weighted by atomic mass is 35.5. The summed E-state index contributed by atoms with van der Waals surface area (Å²) in [6.07, 6.45) is 0. The van der Waals surface area contributed by atoms with E-state index in [1.165, 1.54) is 18.2 Å². The molecule has 0 bridgehead atoms. The predicted octanol–water partition coefficient (Wildman–Crippen LogP) is 4.27. The Morgan fingerprint density at radius 2 is 1.94 bits per heavy atom. The van der Waals surface area contributed by atoms with Gasteiger partial charge in [0.15, 0.2) is 0 Å². The summed E-state index contributed by atoms with van der Waals surface area (Å²) < 4.78 is 13.4. The molecule has 0 fully saturated rings. The molecule has 1 aromatic heterocycles. The molecule has 1 aromatic carbocycles. The van der Waals surface area contributed by atoms with Crippen LogP contribution in [0.4, 0.5) is 15.9 Å². The summed E-state index contributed by atoms with van der Waals surface area (Å²) in [7, 11) is 0. The smallest absolute Gasteiger partial charge is 0.146 e. The second-order valence-corrected chi connectivity index (χ2v) is 3.92. The number of hydrogen-bond donors (Lipinski definition) is 1. The maximum Gasteiger partial charge on any atom is 0.146 e. The van der Waals surface area contributed by atoms with Crippen molar-refractivity contribution in [1.82, 2.24) is 4.98 Å². The van der Waals surface area contributed by atoms with Gasteiger partial charge in [-0.05, 0) is 30.3 Å². The highest BCUT2D eigenvalue weighted by molar-refractivity contribution is 6.31. The van der Waals surface area contributed by atoms with Gasteiger partial charge in [-0.25, -0.2) is 9.37 Å². The normalized spacial score (nSPS) is 10.2. The molecule has 0 aliphatic rings. The third kappa shape index (κ3) is 2.62. The first-order valence-corrected chi connectivity index (χ1v) is 5.25. The third-order valence-electron chi connectivity index (χ3n) is 1.91. The summed E-state index contributed by atoms with van der Waals surface area (Å²) in [6, 6.07) is 9.30. The van der Waals surface area contributed by atoms with E-state index in [0.29, 0.717) is 16.0 Å².